The van der Waals surface area contributed by atoms with Crippen LogP contribution < -0.4 is 0 Å². The van der Waals surface area contributed by atoms with Gasteiger partial charge in [-0.2, -0.15) is 5.06 Å². The van der Waals surface area contributed by atoms with Gasteiger partial charge in [0.1, 0.15) is 16.9 Å². The molecule has 0 aromatic heterocycles. The first-order valence-corrected chi connectivity index (χ1v) is 3.92. The van der Waals surface area contributed by atoms with Gasteiger partial charge in [0, 0.05) is 6.92 Å². The number of hydrogen-bond acceptors (Lipinski definition) is 4. The minimum atomic E-state index is -0.440. The lowest BCUT2D eigenvalue weighted by molar-refractivity contribution is -0.158. The number of carbonyl (C=O) groups excluding carboxylic acids is 1. The van der Waals surface area contributed by atoms with E-state index in [0.29, 0.717) is 4.99 Å². The first-order valence-electron chi connectivity index (χ1n) is 3.51. The fourth-order valence-corrected chi connectivity index (χ4v) is 0.915. The highest BCUT2D eigenvalue weighted by atomic mass is 32.1. The molecular weight excluding hydrogens is 176 g/mol. The van der Waals surface area contributed by atoms with Gasteiger partial charge in [0.25, 0.3) is 0 Å². The molecule has 0 aromatic rings. The summed E-state index contributed by atoms with van der Waals surface area (Å²) in [5, 5.41) is 1.22. The third kappa shape index (κ3) is 1.61. The van der Waals surface area contributed by atoms with E-state index in [-0.39, 0.29) is 0 Å². The quantitative estimate of drug-likeness (QED) is 0.571. The molecule has 0 N–H and O–H groups in total. The molecule has 0 amide bonds. The highest BCUT2D eigenvalue weighted by Gasteiger charge is 2.33. The van der Waals surface area contributed by atoms with Crippen molar-refractivity contribution in [2.45, 2.75) is 26.3 Å². The van der Waals surface area contributed by atoms with Crippen LogP contribution in [-0.4, -0.2) is 27.9 Å². The van der Waals surface area contributed by atoms with E-state index in [2.05, 4.69) is 4.99 Å². The van der Waals surface area contributed by atoms with Crippen LogP contribution in [0.5, 0.6) is 0 Å². The summed E-state index contributed by atoms with van der Waals surface area (Å²) in [5.41, 5.74) is -0.440. The van der Waals surface area contributed by atoms with E-state index in [4.69, 9.17) is 17.1 Å². The van der Waals surface area contributed by atoms with Gasteiger partial charge in [-0.15, -0.1) is 0 Å². The molecule has 0 aliphatic carbocycles. The molecule has 0 fully saturated rings. The van der Waals surface area contributed by atoms with Crippen LogP contribution in [-0.2, 0) is 9.63 Å². The van der Waals surface area contributed by atoms with Crippen LogP contribution in [0.4, 0.5) is 0 Å². The average molecular weight is 186 g/mol. The van der Waals surface area contributed by atoms with E-state index in [1.165, 1.54) is 18.3 Å². The van der Waals surface area contributed by atoms with Crippen molar-refractivity contribution in [3.05, 3.63) is 0 Å². The summed E-state index contributed by atoms with van der Waals surface area (Å²) in [4.78, 5) is 19.9. The van der Waals surface area contributed by atoms with Gasteiger partial charge in [-0.3, -0.25) is 4.99 Å². The van der Waals surface area contributed by atoms with Crippen molar-refractivity contribution < 1.29 is 9.63 Å². The van der Waals surface area contributed by atoms with Gasteiger partial charge in [-0.1, -0.05) is 12.2 Å². The zero-order valence-electron chi connectivity index (χ0n) is 7.20. The molecular formula is C7H10N2O2S. The molecule has 0 saturated carbocycles. The standard InChI is InChI=1S/C7H10N2O2S/c1-5(10)11-9-4-8-7(2,3)6(9)12/h4H,1-3H3. The summed E-state index contributed by atoms with van der Waals surface area (Å²) >= 11 is 5.02. The Hall–Kier alpha value is -0.970. The third-order valence-corrected chi connectivity index (χ3v) is 2.12. The lowest BCUT2D eigenvalue weighted by atomic mass is 10.1. The number of aliphatic imine (C=N–C) groups is 1. The van der Waals surface area contributed by atoms with Gasteiger partial charge in [0.2, 0.25) is 0 Å². The number of hydrogen-bond donors (Lipinski definition) is 0. The smallest absolute Gasteiger partial charge is 0.329 e. The van der Waals surface area contributed by atoms with E-state index in [0.717, 1.165) is 0 Å². The van der Waals surface area contributed by atoms with E-state index in [1.54, 1.807) is 0 Å². The Balaban J connectivity index is 2.69. The second-order valence-electron chi connectivity index (χ2n) is 3.02. The van der Waals surface area contributed by atoms with E-state index in [1.807, 2.05) is 13.8 Å². The largest absolute Gasteiger partial charge is 0.335 e. The van der Waals surface area contributed by atoms with Crippen molar-refractivity contribution in [1.29, 1.82) is 0 Å². The number of nitrogens with zero attached hydrogens (tertiary/aromatic N) is 2. The molecule has 0 spiro atoms. The number of carbonyl (C=O) groups is 1. The topological polar surface area (TPSA) is 41.9 Å². The SMILES string of the molecule is CC(=O)ON1C=NC(C)(C)C1=S. The fraction of sp³-hybridized carbons (Fsp3) is 0.571. The Morgan fingerprint density at radius 3 is 2.67 bits per heavy atom. The van der Waals surface area contributed by atoms with E-state index < -0.39 is 11.5 Å². The van der Waals surface area contributed by atoms with Gasteiger partial charge in [0.05, 0.1) is 0 Å². The number of thiocarbonyl (C=S) groups is 1. The van der Waals surface area contributed by atoms with Crippen molar-refractivity contribution >= 4 is 29.5 Å². The molecule has 0 radical (unpaired) electrons. The minimum absolute atomic E-state index is 0.401. The van der Waals surface area contributed by atoms with Crippen LogP contribution in [0.25, 0.3) is 0 Å². The molecule has 5 heteroatoms. The summed E-state index contributed by atoms with van der Waals surface area (Å²) in [7, 11) is 0. The van der Waals surface area contributed by atoms with Gasteiger partial charge >= 0.3 is 5.97 Å². The molecule has 1 aliphatic heterocycles. The Morgan fingerprint density at radius 2 is 2.33 bits per heavy atom. The van der Waals surface area contributed by atoms with Crippen LogP contribution in [0.2, 0.25) is 0 Å². The van der Waals surface area contributed by atoms with Crippen molar-refractivity contribution in [2.24, 2.45) is 4.99 Å². The number of rotatable bonds is 1. The summed E-state index contributed by atoms with van der Waals surface area (Å²) in [6.07, 6.45) is 1.42. The van der Waals surface area contributed by atoms with Crippen molar-refractivity contribution in [3.63, 3.8) is 0 Å². The summed E-state index contributed by atoms with van der Waals surface area (Å²) in [6.45, 7) is 5.03. The Labute approximate surface area is 76.2 Å². The van der Waals surface area contributed by atoms with Gasteiger partial charge in [0.15, 0.2) is 0 Å². The fourth-order valence-electron chi connectivity index (χ4n) is 0.778. The predicted molar refractivity (Wildman–Crippen MR) is 48.8 cm³/mol. The first kappa shape index (κ1) is 9.12. The van der Waals surface area contributed by atoms with Crippen LogP contribution in [0, 0.1) is 0 Å². The van der Waals surface area contributed by atoms with Gasteiger partial charge < -0.3 is 4.84 Å². The minimum Gasteiger partial charge on any atom is -0.335 e. The maximum Gasteiger partial charge on any atom is 0.329 e. The maximum absolute atomic E-state index is 10.6. The second-order valence-corrected chi connectivity index (χ2v) is 3.40. The molecule has 1 aliphatic rings. The Bertz CT molecular complexity index is 260. The summed E-state index contributed by atoms with van der Waals surface area (Å²) in [5.74, 6) is -0.401. The molecule has 0 saturated heterocycles. The van der Waals surface area contributed by atoms with Gasteiger partial charge in [-0.25, -0.2) is 4.79 Å². The van der Waals surface area contributed by atoms with Gasteiger partial charge in [-0.05, 0) is 13.8 Å². The highest BCUT2D eigenvalue weighted by molar-refractivity contribution is 7.80. The van der Waals surface area contributed by atoms with Crippen molar-refractivity contribution in [3.8, 4) is 0 Å². The van der Waals surface area contributed by atoms with Crippen LogP contribution in [0.3, 0.4) is 0 Å². The van der Waals surface area contributed by atoms with Crippen LogP contribution in [0.1, 0.15) is 20.8 Å². The molecule has 0 aromatic carbocycles. The Kier molecular flexibility index (Phi) is 2.14. The molecule has 66 valence electrons. The van der Waals surface area contributed by atoms with E-state index >= 15 is 0 Å². The zero-order chi connectivity index (χ0) is 9.35. The van der Waals surface area contributed by atoms with Crippen LogP contribution >= 0.6 is 12.2 Å². The first-order chi connectivity index (χ1) is 5.43. The molecule has 1 rings (SSSR count). The third-order valence-electron chi connectivity index (χ3n) is 1.44. The average Bonchev–Trinajstić information content (AvgIpc) is 2.15. The predicted octanol–water partition coefficient (Wildman–Crippen LogP) is 0.914. The summed E-state index contributed by atoms with van der Waals surface area (Å²) in [6, 6.07) is 0. The zero-order valence-corrected chi connectivity index (χ0v) is 8.01. The van der Waals surface area contributed by atoms with Crippen LogP contribution in [0.15, 0.2) is 4.99 Å². The normalized spacial score (nSPS) is 19.9. The summed E-state index contributed by atoms with van der Waals surface area (Å²) < 4.78 is 0. The lowest BCUT2D eigenvalue weighted by Crippen LogP contribution is -2.36. The Morgan fingerprint density at radius 1 is 1.75 bits per heavy atom. The lowest BCUT2D eigenvalue weighted by Gasteiger charge is -2.18. The van der Waals surface area contributed by atoms with Crippen molar-refractivity contribution in [1.82, 2.24) is 5.06 Å². The molecule has 12 heavy (non-hydrogen) atoms. The molecule has 0 atom stereocenters. The van der Waals surface area contributed by atoms with Crippen molar-refractivity contribution in [2.75, 3.05) is 0 Å². The maximum atomic E-state index is 10.6. The monoisotopic (exact) mass is 186 g/mol. The molecule has 0 unspecified atom stereocenters. The number of hydroxylamine groups is 2. The highest BCUT2D eigenvalue weighted by Crippen LogP contribution is 2.19. The van der Waals surface area contributed by atoms with E-state index in [9.17, 15) is 4.79 Å². The molecule has 1 heterocycles. The second kappa shape index (κ2) is 2.82. The molecule has 4 nitrogen and oxygen atoms in total. The molecule has 0 bridgehead atoms.